The summed E-state index contributed by atoms with van der Waals surface area (Å²) < 4.78 is 37.9. The van der Waals surface area contributed by atoms with Crippen LogP contribution >= 0.6 is 11.8 Å². The number of amides is 1. The van der Waals surface area contributed by atoms with Crippen molar-refractivity contribution in [1.82, 2.24) is 4.98 Å². The number of halogens is 3. The molecule has 2 heterocycles. The van der Waals surface area contributed by atoms with E-state index in [4.69, 9.17) is 5.73 Å². The lowest BCUT2D eigenvalue weighted by Gasteiger charge is -2.14. The number of pyridine rings is 1. The second kappa shape index (κ2) is 5.90. The van der Waals surface area contributed by atoms with E-state index >= 15 is 0 Å². The van der Waals surface area contributed by atoms with Crippen LogP contribution in [0.25, 0.3) is 0 Å². The van der Waals surface area contributed by atoms with Crippen molar-refractivity contribution >= 4 is 23.5 Å². The van der Waals surface area contributed by atoms with Crippen LogP contribution in [0.1, 0.15) is 22.5 Å². The number of carbonyl (C=O) groups excluding carboxylic acids is 1. The Bertz CT molecular complexity index is 501. The molecule has 1 saturated heterocycles. The minimum Gasteiger partial charge on any atom is -0.369 e. The Hall–Kier alpha value is -1.44. The Labute approximate surface area is 118 Å². The van der Waals surface area contributed by atoms with Gasteiger partial charge in [-0.05, 0) is 36.0 Å². The highest BCUT2D eigenvalue weighted by atomic mass is 32.2. The van der Waals surface area contributed by atoms with Gasteiger partial charge < -0.3 is 11.1 Å². The van der Waals surface area contributed by atoms with E-state index in [0.29, 0.717) is 12.5 Å². The van der Waals surface area contributed by atoms with Gasteiger partial charge in [0.25, 0.3) is 5.91 Å². The topological polar surface area (TPSA) is 68.0 Å². The molecule has 0 radical (unpaired) electrons. The van der Waals surface area contributed by atoms with E-state index in [1.807, 2.05) is 0 Å². The first-order valence-corrected chi connectivity index (χ1v) is 7.23. The van der Waals surface area contributed by atoms with Crippen LogP contribution < -0.4 is 11.1 Å². The number of thioether (sulfide) groups is 1. The fourth-order valence-electron chi connectivity index (χ4n) is 1.94. The number of alkyl halides is 3. The summed E-state index contributed by atoms with van der Waals surface area (Å²) in [6.07, 6.45) is -3.54. The molecular formula is C12H14F3N3OS. The average Bonchev–Trinajstić information content (AvgIpc) is 2.87. The first-order chi connectivity index (χ1) is 9.38. The smallest absolute Gasteiger partial charge is 0.369 e. The molecular weight excluding hydrogens is 291 g/mol. The summed E-state index contributed by atoms with van der Waals surface area (Å²) in [4.78, 5) is 14.7. The van der Waals surface area contributed by atoms with E-state index in [1.165, 1.54) is 0 Å². The molecule has 0 spiro atoms. The number of rotatable bonds is 4. The molecule has 3 N–H and O–H groups in total. The fraction of sp³-hybridized carbons (Fsp3) is 0.500. The lowest BCUT2D eigenvalue weighted by atomic mass is 10.1. The summed E-state index contributed by atoms with van der Waals surface area (Å²) in [5.41, 5.74) is 4.09. The molecule has 110 valence electrons. The largest absolute Gasteiger partial charge is 0.433 e. The zero-order valence-corrected chi connectivity index (χ0v) is 11.4. The van der Waals surface area contributed by atoms with Crippen molar-refractivity contribution in [1.29, 1.82) is 0 Å². The van der Waals surface area contributed by atoms with E-state index < -0.39 is 17.8 Å². The number of nitrogens with zero attached hydrogens (tertiary/aromatic N) is 1. The van der Waals surface area contributed by atoms with E-state index in [-0.39, 0.29) is 11.4 Å². The molecule has 0 aliphatic carbocycles. The molecule has 1 amide bonds. The van der Waals surface area contributed by atoms with E-state index in [2.05, 4.69) is 10.3 Å². The molecule has 1 fully saturated rings. The molecule has 1 unspecified atom stereocenters. The number of carbonyl (C=O) groups is 1. The summed E-state index contributed by atoms with van der Waals surface area (Å²) in [5.74, 6) is 1.49. The summed E-state index contributed by atoms with van der Waals surface area (Å²) in [6, 6.07) is 1.82. The van der Waals surface area contributed by atoms with Gasteiger partial charge in [0.15, 0.2) is 0 Å². The first kappa shape index (κ1) is 15.0. The average molecular weight is 305 g/mol. The maximum Gasteiger partial charge on any atom is 0.433 e. The molecule has 8 heteroatoms. The molecule has 1 aliphatic rings. The van der Waals surface area contributed by atoms with E-state index in [9.17, 15) is 18.0 Å². The van der Waals surface area contributed by atoms with Crippen LogP contribution in [0.4, 0.5) is 19.0 Å². The van der Waals surface area contributed by atoms with Gasteiger partial charge in [-0.25, -0.2) is 4.98 Å². The SMILES string of the molecule is NC(=O)c1ccc(C(F)(F)F)nc1NCC1CCSC1. The van der Waals surface area contributed by atoms with Crippen LogP contribution in [0.3, 0.4) is 0 Å². The van der Waals surface area contributed by atoms with Crippen LogP contribution in [0.15, 0.2) is 12.1 Å². The highest BCUT2D eigenvalue weighted by molar-refractivity contribution is 7.99. The number of aromatic nitrogens is 1. The molecule has 1 aromatic heterocycles. The second-order valence-corrected chi connectivity index (χ2v) is 5.72. The van der Waals surface area contributed by atoms with Gasteiger partial charge in [0.2, 0.25) is 0 Å². The van der Waals surface area contributed by atoms with Crippen molar-refractivity contribution in [2.45, 2.75) is 12.6 Å². The third kappa shape index (κ3) is 3.56. The Morgan fingerprint density at radius 1 is 1.50 bits per heavy atom. The van der Waals surface area contributed by atoms with Crippen molar-refractivity contribution in [3.8, 4) is 0 Å². The normalized spacial score (nSPS) is 19.1. The number of nitrogens with two attached hydrogens (primary N) is 1. The van der Waals surface area contributed by atoms with Crippen molar-refractivity contribution in [2.24, 2.45) is 11.7 Å². The minimum atomic E-state index is -4.55. The van der Waals surface area contributed by atoms with E-state index in [1.54, 1.807) is 11.8 Å². The number of nitrogens with one attached hydrogen (secondary N) is 1. The van der Waals surface area contributed by atoms with E-state index in [0.717, 1.165) is 30.1 Å². The summed E-state index contributed by atoms with van der Waals surface area (Å²) >= 11 is 1.80. The van der Waals surface area contributed by atoms with Gasteiger partial charge in [-0.3, -0.25) is 4.79 Å². The Morgan fingerprint density at radius 3 is 2.80 bits per heavy atom. The third-order valence-electron chi connectivity index (χ3n) is 3.03. The first-order valence-electron chi connectivity index (χ1n) is 6.07. The van der Waals surface area contributed by atoms with Gasteiger partial charge >= 0.3 is 6.18 Å². The van der Waals surface area contributed by atoms with Crippen molar-refractivity contribution in [3.05, 3.63) is 23.4 Å². The molecule has 0 saturated carbocycles. The lowest BCUT2D eigenvalue weighted by molar-refractivity contribution is -0.141. The zero-order valence-electron chi connectivity index (χ0n) is 10.5. The molecule has 4 nitrogen and oxygen atoms in total. The fourth-order valence-corrected chi connectivity index (χ4v) is 3.22. The van der Waals surface area contributed by atoms with Gasteiger partial charge in [-0.2, -0.15) is 24.9 Å². The van der Waals surface area contributed by atoms with Crippen molar-refractivity contribution in [2.75, 3.05) is 23.4 Å². The highest BCUT2D eigenvalue weighted by Gasteiger charge is 2.33. The Morgan fingerprint density at radius 2 is 2.25 bits per heavy atom. The van der Waals surface area contributed by atoms with Crippen LogP contribution in [0.5, 0.6) is 0 Å². The quantitative estimate of drug-likeness (QED) is 0.896. The highest BCUT2D eigenvalue weighted by Crippen LogP contribution is 2.30. The van der Waals surface area contributed by atoms with Crippen LogP contribution in [-0.2, 0) is 6.18 Å². The van der Waals surface area contributed by atoms with Crippen LogP contribution in [0, 0.1) is 5.92 Å². The molecule has 1 atom stereocenters. The lowest BCUT2D eigenvalue weighted by Crippen LogP contribution is -2.21. The molecule has 1 aliphatic heterocycles. The number of primary amides is 1. The monoisotopic (exact) mass is 305 g/mol. The summed E-state index contributed by atoms with van der Waals surface area (Å²) in [5, 5.41) is 2.82. The molecule has 0 aromatic carbocycles. The predicted molar refractivity (Wildman–Crippen MR) is 71.7 cm³/mol. The van der Waals surface area contributed by atoms with Crippen LogP contribution in [0.2, 0.25) is 0 Å². The van der Waals surface area contributed by atoms with Gasteiger partial charge in [0, 0.05) is 6.54 Å². The van der Waals surface area contributed by atoms with Gasteiger partial charge in [0.1, 0.15) is 11.5 Å². The Kier molecular flexibility index (Phi) is 4.42. The summed E-state index contributed by atoms with van der Waals surface area (Å²) in [7, 11) is 0. The predicted octanol–water partition coefficient (Wildman–Crippen LogP) is 2.36. The standard InChI is InChI=1S/C12H14F3N3OS/c13-12(14,15)9-2-1-8(10(16)19)11(18-9)17-5-7-3-4-20-6-7/h1-2,7H,3-6H2,(H2,16,19)(H,17,18). The Balaban J connectivity index is 2.20. The maximum absolute atomic E-state index is 12.6. The second-order valence-electron chi connectivity index (χ2n) is 4.57. The number of hydrogen-bond donors (Lipinski definition) is 2. The molecule has 1 aromatic rings. The molecule has 20 heavy (non-hydrogen) atoms. The maximum atomic E-state index is 12.6. The van der Waals surface area contributed by atoms with Crippen molar-refractivity contribution < 1.29 is 18.0 Å². The zero-order chi connectivity index (χ0) is 14.8. The van der Waals surface area contributed by atoms with Crippen LogP contribution in [-0.4, -0.2) is 28.9 Å². The summed E-state index contributed by atoms with van der Waals surface area (Å²) in [6.45, 7) is 0.488. The van der Waals surface area contributed by atoms with Gasteiger partial charge in [0.05, 0.1) is 5.56 Å². The van der Waals surface area contributed by atoms with Crippen molar-refractivity contribution in [3.63, 3.8) is 0 Å². The molecule has 2 rings (SSSR count). The third-order valence-corrected chi connectivity index (χ3v) is 4.26. The van der Waals surface area contributed by atoms with Gasteiger partial charge in [-0.1, -0.05) is 0 Å². The molecule has 0 bridgehead atoms. The minimum absolute atomic E-state index is 0.0244. The van der Waals surface area contributed by atoms with Gasteiger partial charge in [-0.15, -0.1) is 0 Å². The number of anilines is 1. The number of hydrogen-bond acceptors (Lipinski definition) is 4.